The van der Waals surface area contributed by atoms with Crippen molar-refractivity contribution in [2.45, 2.75) is 5.54 Å². The van der Waals surface area contributed by atoms with Crippen molar-refractivity contribution in [3.05, 3.63) is 71.8 Å². The van der Waals surface area contributed by atoms with E-state index in [1.165, 1.54) is 19.0 Å². The third kappa shape index (κ3) is 3.69. The maximum absolute atomic E-state index is 13.5. The Morgan fingerprint density at radius 3 is 2.00 bits per heavy atom. The molecule has 1 heterocycles. The molecule has 0 unspecified atom stereocenters. The maximum atomic E-state index is 13.5. The van der Waals surface area contributed by atoms with Crippen molar-refractivity contribution in [2.24, 2.45) is 0 Å². The molecule has 5 amide bonds. The van der Waals surface area contributed by atoms with E-state index in [0.717, 1.165) is 4.90 Å². The lowest BCUT2D eigenvalue weighted by Gasteiger charge is -2.28. The first-order chi connectivity index (χ1) is 13.9. The molecule has 0 spiro atoms. The van der Waals surface area contributed by atoms with Crippen LogP contribution < -0.4 is 10.6 Å². The van der Waals surface area contributed by atoms with Gasteiger partial charge in [-0.3, -0.25) is 19.3 Å². The van der Waals surface area contributed by atoms with Gasteiger partial charge < -0.3 is 15.5 Å². The summed E-state index contributed by atoms with van der Waals surface area (Å²) in [4.78, 5) is 52.3. The molecule has 0 radical (unpaired) electrons. The van der Waals surface area contributed by atoms with Gasteiger partial charge in [0.2, 0.25) is 11.8 Å². The zero-order valence-corrected chi connectivity index (χ0v) is 16.2. The summed E-state index contributed by atoms with van der Waals surface area (Å²) in [7, 11) is 2.91. The van der Waals surface area contributed by atoms with Crippen LogP contribution in [-0.4, -0.2) is 60.7 Å². The fraction of sp³-hybridized carbons (Fsp3) is 0.238. The van der Waals surface area contributed by atoms with Crippen LogP contribution in [-0.2, 0) is 19.9 Å². The molecule has 29 heavy (non-hydrogen) atoms. The minimum Gasteiger partial charge on any atom is -0.358 e. The normalized spacial score (nSPS) is 15.0. The molecule has 150 valence electrons. The van der Waals surface area contributed by atoms with E-state index in [4.69, 9.17) is 0 Å². The Hall–Kier alpha value is -3.68. The highest BCUT2D eigenvalue weighted by atomic mass is 16.2. The van der Waals surface area contributed by atoms with Gasteiger partial charge in [0.25, 0.3) is 5.91 Å². The van der Waals surface area contributed by atoms with Crippen LogP contribution in [0.1, 0.15) is 11.1 Å². The van der Waals surface area contributed by atoms with Gasteiger partial charge in [0.1, 0.15) is 6.54 Å². The second kappa shape index (κ2) is 8.14. The Bertz CT molecular complexity index is 891. The summed E-state index contributed by atoms with van der Waals surface area (Å²) in [5.41, 5.74) is -0.226. The van der Waals surface area contributed by atoms with Crippen LogP contribution in [0.2, 0.25) is 0 Å². The third-order valence-corrected chi connectivity index (χ3v) is 4.90. The zero-order valence-electron chi connectivity index (χ0n) is 16.2. The molecule has 2 N–H and O–H groups in total. The van der Waals surface area contributed by atoms with E-state index in [9.17, 15) is 19.2 Å². The molecule has 0 aromatic heterocycles. The molecule has 0 bridgehead atoms. The third-order valence-electron chi connectivity index (χ3n) is 4.90. The van der Waals surface area contributed by atoms with Crippen molar-refractivity contribution < 1.29 is 19.2 Å². The Kier molecular flexibility index (Phi) is 5.63. The molecule has 1 aliphatic rings. The number of carbonyl (C=O) groups is 4. The smallest absolute Gasteiger partial charge is 0.326 e. The van der Waals surface area contributed by atoms with Gasteiger partial charge in [-0.1, -0.05) is 60.7 Å². The molecule has 2 aromatic rings. The van der Waals surface area contributed by atoms with E-state index >= 15 is 0 Å². The number of hydrogen-bond donors (Lipinski definition) is 2. The summed E-state index contributed by atoms with van der Waals surface area (Å²) in [6.45, 7) is -0.624. The molecule has 1 saturated heterocycles. The van der Waals surface area contributed by atoms with Gasteiger partial charge in [0.15, 0.2) is 5.54 Å². The number of benzene rings is 2. The maximum Gasteiger partial charge on any atom is 0.326 e. The van der Waals surface area contributed by atoms with Crippen molar-refractivity contribution in [1.29, 1.82) is 0 Å². The summed E-state index contributed by atoms with van der Waals surface area (Å²) in [5.74, 6) is -1.41. The van der Waals surface area contributed by atoms with Gasteiger partial charge in [-0.15, -0.1) is 0 Å². The molecule has 8 heteroatoms. The topological polar surface area (TPSA) is 98.8 Å². The van der Waals surface area contributed by atoms with Crippen LogP contribution >= 0.6 is 0 Å². The number of amides is 5. The Balaban J connectivity index is 1.94. The summed E-state index contributed by atoms with van der Waals surface area (Å²) < 4.78 is 0. The molecule has 8 nitrogen and oxygen atoms in total. The lowest BCUT2D eigenvalue weighted by atomic mass is 9.82. The highest BCUT2D eigenvalue weighted by Crippen LogP contribution is 2.35. The number of nitrogens with one attached hydrogen (secondary N) is 2. The lowest BCUT2D eigenvalue weighted by Crippen LogP contribution is -2.47. The number of urea groups is 1. The number of imide groups is 1. The van der Waals surface area contributed by atoms with Gasteiger partial charge in [-0.2, -0.15) is 0 Å². The van der Waals surface area contributed by atoms with E-state index in [1.807, 2.05) is 12.1 Å². The largest absolute Gasteiger partial charge is 0.358 e. The number of hydrogen-bond acceptors (Lipinski definition) is 4. The first-order valence-electron chi connectivity index (χ1n) is 9.10. The first kappa shape index (κ1) is 20.1. The van der Waals surface area contributed by atoms with Gasteiger partial charge in [0, 0.05) is 14.1 Å². The zero-order chi connectivity index (χ0) is 21.0. The SMILES string of the molecule is CNC(=O)CN(C)C(=O)CN1C(=O)NC(c2ccccc2)(c2ccccc2)C1=O. The molecule has 1 fully saturated rings. The van der Waals surface area contributed by atoms with Crippen molar-refractivity contribution in [1.82, 2.24) is 20.4 Å². The number of nitrogens with zero attached hydrogens (tertiary/aromatic N) is 2. The first-order valence-corrected chi connectivity index (χ1v) is 9.10. The summed E-state index contributed by atoms with van der Waals surface area (Å²) in [6, 6.07) is 17.1. The Morgan fingerprint density at radius 2 is 1.52 bits per heavy atom. The minimum absolute atomic E-state index is 0.165. The lowest BCUT2D eigenvalue weighted by molar-refractivity contribution is -0.139. The van der Waals surface area contributed by atoms with Crippen molar-refractivity contribution >= 4 is 23.8 Å². The molecule has 0 aliphatic carbocycles. The molecule has 2 aromatic carbocycles. The molecular formula is C21H22N4O4. The van der Waals surface area contributed by atoms with Crippen LogP contribution in [0.4, 0.5) is 4.79 Å². The minimum atomic E-state index is -1.42. The molecular weight excluding hydrogens is 372 g/mol. The van der Waals surface area contributed by atoms with E-state index in [1.54, 1.807) is 48.5 Å². The predicted molar refractivity (Wildman–Crippen MR) is 106 cm³/mol. The average Bonchev–Trinajstić information content (AvgIpc) is 3.00. The molecule has 0 atom stereocenters. The van der Waals surface area contributed by atoms with Gasteiger partial charge in [0.05, 0.1) is 6.54 Å². The van der Waals surface area contributed by atoms with Gasteiger partial charge in [-0.25, -0.2) is 4.79 Å². The fourth-order valence-electron chi connectivity index (χ4n) is 3.29. The standard InChI is InChI=1S/C21H22N4O4/c1-22-17(26)13-24(2)18(27)14-25-19(28)21(23-20(25)29,15-9-5-3-6-10-15)16-11-7-4-8-12-16/h3-12H,13-14H2,1-2H3,(H,22,26)(H,23,29). The van der Waals surface area contributed by atoms with Crippen molar-refractivity contribution in [3.63, 3.8) is 0 Å². The van der Waals surface area contributed by atoms with E-state index in [0.29, 0.717) is 11.1 Å². The molecule has 3 rings (SSSR count). The summed E-state index contributed by atoms with van der Waals surface area (Å²) in [6.07, 6.45) is 0. The quantitative estimate of drug-likeness (QED) is 0.704. The number of carbonyl (C=O) groups excluding carboxylic acids is 4. The highest BCUT2D eigenvalue weighted by molar-refractivity contribution is 6.11. The van der Waals surface area contributed by atoms with Gasteiger partial charge >= 0.3 is 6.03 Å². The number of likely N-dealkylation sites (N-methyl/N-ethyl adjacent to an activating group) is 2. The monoisotopic (exact) mass is 394 g/mol. The van der Waals surface area contributed by atoms with Crippen molar-refractivity contribution in [2.75, 3.05) is 27.2 Å². The van der Waals surface area contributed by atoms with Crippen molar-refractivity contribution in [3.8, 4) is 0 Å². The number of rotatable bonds is 6. The van der Waals surface area contributed by atoms with Crippen LogP contribution in [0.25, 0.3) is 0 Å². The summed E-state index contributed by atoms with van der Waals surface area (Å²) >= 11 is 0. The highest BCUT2D eigenvalue weighted by Gasteiger charge is 2.54. The fourth-order valence-corrected chi connectivity index (χ4v) is 3.29. The van der Waals surface area contributed by atoms with Crippen LogP contribution in [0.5, 0.6) is 0 Å². The second-order valence-electron chi connectivity index (χ2n) is 6.73. The molecule has 0 saturated carbocycles. The second-order valence-corrected chi connectivity index (χ2v) is 6.73. The van der Waals surface area contributed by atoms with Gasteiger partial charge in [-0.05, 0) is 11.1 Å². The van der Waals surface area contributed by atoms with E-state index < -0.39 is 29.9 Å². The van der Waals surface area contributed by atoms with Crippen LogP contribution in [0.3, 0.4) is 0 Å². The van der Waals surface area contributed by atoms with E-state index in [2.05, 4.69) is 10.6 Å². The summed E-state index contributed by atoms with van der Waals surface area (Å²) in [5, 5.41) is 5.21. The van der Waals surface area contributed by atoms with E-state index in [-0.39, 0.29) is 12.5 Å². The van der Waals surface area contributed by atoms with Crippen LogP contribution in [0.15, 0.2) is 60.7 Å². The Labute approximate surface area is 168 Å². The molecule has 1 aliphatic heterocycles. The Morgan fingerprint density at radius 1 is 1.00 bits per heavy atom. The predicted octanol–water partition coefficient (Wildman–Crippen LogP) is 0.686. The van der Waals surface area contributed by atoms with Crippen LogP contribution in [0, 0.1) is 0 Å². The average molecular weight is 394 g/mol.